The zero-order chi connectivity index (χ0) is 10.4. The lowest BCUT2D eigenvalue weighted by Gasteiger charge is -2.37. The van der Waals surface area contributed by atoms with Crippen molar-refractivity contribution in [2.45, 2.75) is 58.0 Å². The molecule has 1 fully saturated rings. The summed E-state index contributed by atoms with van der Waals surface area (Å²) < 4.78 is 0. The van der Waals surface area contributed by atoms with Crippen LogP contribution < -0.4 is 5.32 Å². The number of piperidine rings is 1. The van der Waals surface area contributed by atoms with Crippen molar-refractivity contribution in [1.29, 1.82) is 0 Å². The fourth-order valence-electron chi connectivity index (χ4n) is 2.51. The Kier molecular flexibility index (Phi) is 5.49. The fraction of sp³-hybridized carbons (Fsp3) is 1.00. The highest BCUT2D eigenvalue weighted by molar-refractivity contribution is 4.80. The second kappa shape index (κ2) is 6.41. The first-order chi connectivity index (χ1) is 6.79. The minimum atomic E-state index is 0.778. The summed E-state index contributed by atoms with van der Waals surface area (Å²) >= 11 is 0. The van der Waals surface area contributed by atoms with Crippen molar-refractivity contribution in [2.75, 3.05) is 20.1 Å². The van der Waals surface area contributed by atoms with Crippen molar-refractivity contribution in [3.8, 4) is 0 Å². The van der Waals surface area contributed by atoms with Crippen molar-refractivity contribution in [3.63, 3.8) is 0 Å². The van der Waals surface area contributed by atoms with E-state index in [1.165, 1.54) is 45.2 Å². The van der Waals surface area contributed by atoms with Gasteiger partial charge in [-0.2, -0.15) is 0 Å². The molecule has 0 spiro atoms. The highest BCUT2D eigenvalue weighted by atomic mass is 15.2. The van der Waals surface area contributed by atoms with Crippen LogP contribution in [-0.4, -0.2) is 37.1 Å². The Hall–Kier alpha value is -0.0800. The first-order valence-corrected chi connectivity index (χ1v) is 6.22. The summed E-state index contributed by atoms with van der Waals surface area (Å²) in [6.07, 6.45) is 6.68. The molecule has 2 heteroatoms. The van der Waals surface area contributed by atoms with E-state index in [2.05, 4.69) is 31.1 Å². The molecular weight excluding hydrogens is 172 g/mol. The molecule has 14 heavy (non-hydrogen) atoms. The Balaban J connectivity index is 2.38. The van der Waals surface area contributed by atoms with Gasteiger partial charge in [0.2, 0.25) is 0 Å². The van der Waals surface area contributed by atoms with E-state index in [0.29, 0.717) is 0 Å². The number of nitrogens with one attached hydrogen (secondary N) is 1. The van der Waals surface area contributed by atoms with Gasteiger partial charge in [-0.25, -0.2) is 0 Å². The molecule has 0 saturated carbocycles. The standard InChI is InChI=1S/C12H26N2/c1-4-7-11(5-2)14(3)12-8-6-9-13-10-12/h11-13H,4-10H2,1-3H3. The molecule has 2 nitrogen and oxygen atoms in total. The second-order valence-corrected chi connectivity index (χ2v) is 4.52. The topological polar surface area (TPSA) is 15.3 Å². The third-order valence-electron chi connectivity index (χ3n) is 3.52. The number of hydrogen-bond donors (Lipinski definition) is 1. The number of rotatable bonds is 5. The summed E-state index contributed by atoms with van der Waals surface area (Å²) in [6, 6.07) is 1.57. The van der Waals surface area contributed by atoms with Crippen LogP contribution in [-0.2, 0) is 0 Å². The van der Waals surface area contributed by atoms with Crippen LogP contribution in [0.2, 0.25) is 0 Å². The highest BCUT2D eigenvalue weighted by Gasteiger charge is 2.22. The van der Waals surface area contributed by atoms with E-state index in [9.17, 15) is 0 Å². The minimum Gasteiger partial charge on any atom is -0.315 e. The number of likely N-dealkylation sites (N-methyl/N-ethyl adjacent to an activating group) is 1. The maximum Gasteiger partial charge on any atom is 0.0220 e. The van der Waals surface area contributed by atoms with Crippen molar-refractivity contribution >= 4 is 0 Å². The van der Waals surface area contributed by atoms with Gasteiger partial charge in [-0.15, -0.1) is 0 Å². The molecule has 0 aliphatic carbocycles. The second-order valence-electron chi connectivity index (χ2n) is 4.52. The summed E-state index contributed by atoms with van der Waals surface area (Å²) in [6.45, 7) is 7.01. The SMILES string of the molecule is CCCC(CC)N(C)C1CCCNC1. The minimum absolute atomic E-state index is 0.778. The van der Waals surface area contributed by atoms with Crippen LogP contribution in [0.3, 0.4) is 0 Å². The van der Waals surface area contributed by atoms with Crippen LogP contribution in [0.15, 0.2) is 0 Å². The van der Waals surface area contributed by atoms with E-state index in [-0.39, 0.29) is 0 Å². The Labute approximate surface area is 89.1 Å². The summed E-state index contributed by atoms with van der Waals surface area (Å²) in [5, 5.41) is 3.50. The third-order valence-corrected chi connectivity index (χ3v) is 3.52. The van der Waals surface area contributed by atoms with Crippen molar-refractivity contribution in [2.24, 2.45) is 0 Å². The average molecular weight is 198 g/mol. The fourth-order valence-corrected chi connectivity index (χ4v) is 2.51. The third kappa shape index (κ3) is 3.25. The molecule has 1 rings (SSSR count). The Morgan fingerprint density at radius 2 is 2.21 bits per heavy atom. The molecule has 1 aliphatic rings. The van der Waals surface area contributed by atoms with Crippen LogP contribution in [0.4, 0.5) is 0 Å². The van der Waals surface area contributed by atoms with Gasteiger partial charge in [-0.3, -0.25) is 4.90 Å². The van der Waals surface area contributed by atoms with Gasteiger partial charge < -0.3 is 5.32 Å². The lowest BCUT2D eigenvalue weighted by Crippen LogP contribution is -2.48. The van der Waals surface area contributed by atoms with Crippen LogP contribution in [0.25, 0.3) is 0 Å². The van der Waals surface area contributed by atoms with E-state index in [1.54, 1.807) is 0 Å². The molecule has 1 saturated heterocycles. The average Bonchev–Trinajstić information content (AvgIpc) is 2.26. The van der Waals surface area contributed by atoms with E-state index in [1.807, 2.05) is 0 Å². The van der Waals surface area contributed by atoms with Crippen molar-refractivity contribution in [1.82, 2.24) is 10.2 Å². The monoisotopic (exact) mass is 198 g/mol. The van der Waals surface area contributed by atoms with Crippen molar-refractivity contribution < 1.29 is 0 Å². The van der Waals surface area contributed by atoms with E-state index in [4.69, 9.17) is 0 Å². The first kappa shape index (κ1) is 12.0. The van der Waals surface area contributed by atoms with Gasteiger partial charge in [0.25, 0.3) is 0 Å². The zero-order valence-electron chi connectivity index (χ0n) is 10.1. The zero-order valence-corrected chi connectivity index (χ0v) is 10.1. The Morgan fingerprint density at radius 1 is 1.43 bits per heavy atom. The van der Waals surface area contributed by atoms with Gasteiger partial charge in [0.1, 0.15) is 0 Å². The molecule has 1 heterocycles. The van der Waals surface area contributed by atoms with E-state index < -0.39 is 0 Å². The van der Waals surface area contributed by atoms with E-state index >= 15 is 0 Å². The van der Waals surface area contributed by atoms with Crippen LogP contribution in [0.1, 0.15) is 46.0 Å². The van der Waals surface area contributed by atoms with E-state index in [0.717, 1.165) is 12.1 Å². The van der Waals surface area contributed by atoms with Crippen molar-refractivity contribution in [3.05, 3.63) is 0 Å². The van der Waals surface area contributed by atoms with Gasteiger partial charge in [0, 0.05) is 18.6 Å². The summed E-state index contributed by atoms with van der Waals surface area (Å²) in [5.74, 6) is 0. The maximum absolute atomic E-state index is 3.50. The quantitative estimate of drug-likeness (QED) is 0.729. The Morgan fingerprint density at radius 3 is 2.71 bits per heavy atom. The summed E-state index contributed by atoms with van der Waals surface area (Å²) in [4.78, 5) is 2.61. The molecule has 0 aromatic heterocycles. The molecule has 0 amide bonds. The highest BCUT2D eigenvalue weighted by Crippen LogP contribution is 2.16. The Bertz CT molecular complexity index is 137. The van der Waals surface area contributed by atoms with Gasteiger partial charge in [-0.05, 0) is 39.3 Å². The molecule has 0 aromatic rings. The first-order valence-electron chi connectivity index (χ1n) is 6.22. The van der Waals surface area contributed by atoms with Gasteiger partial charge in [0.05, 0.1) is 0 Å². The van der Waals surface area contributed by atoms with Crippen LogP contribution >= 0.6 is 0 Å². The molecule has 1 aliphatic heterocycles. The predicted octanol–water partition coefficient (Wildman–Crippen LogP) is 2.25. The molecule has 2 unspecified atom stereocenters. The molecule has 0 aromatic carbocycles. The number of hydrogen-bond acceptors (Lipinski definition) is 2. The van der Waals surface area contributed by atoms with Crippen LogP contribution in [0.5, 0.6) is 0 Å². The van der Waals surface area contributed by atoms with Crippen LogP contribution in [0, 0.1) is 0 Å². The molecular formula is C12H26N2. The van der Waals surface area contributed by atoms with Gasteiger partial charge in [0.15, 0.2) is 0 Å². The predicted molar refractivity (Wildman–Crippen MR) is 62.6 cm³/mol. The lowest BCUT2D eigenvalue weighted by molar-refractivity contribution is 0.135. The summed E-state index contributed by atoms with van der Waals surface area (Å²) in [7, 11) is 2.31. The number of nitrogens with zero attached hydrogens (tertiary/aromatic N) is 1. The lowest BCUT2D eigenvalue weighted by atomic mass is 10.0. The maximum atomic E-state index is 3.50. The van der Waals surface area contributed by atoms with Gasteiger partial charge in [-0.1, -0.05) is 20.3 Å². The molecule has 84 valence electrons. The molecule has 0 bridgehead atoms. The largest absolute Gasteiger partial charge is 0.315 e. The van der Waals surface area contributed by atoms with Gasteiger partial charge >= 0.3 is 0 Å². The molecule has 2 atom stereocenters. The smallest absolute Gasteiger partial charge is 0.0220 e. The summed E-state index contributed by atoms with van der Waals surface area (Å²) in [5.41, 5.74) is 0. The molecule has 0 radical (unpaired) electrons. The normalized spacial score (nSPS) is 25.3. The molecule has 1 N–H and O–H groups in total.